The monoisotopic (exact) mass is 304 g/mol. The molecule has 0 fully saturated rings. The molecule has 0 aliphatic heterocycles. The molecule has 1 rings (SSSR count). The van der Waals surface area contributed by atoms with Crippen molar-refractivity contribution in [3.63, 3.8) is 0 Å². The molecule has 14 heavy (non-hydrogen) atoms. The summed E-state index contributed by atoms with van der Waals surface area (Å²) in [4.78, 5) is 22.0. The zero-order valence-electron chi connectivity index (χ0n) is 7.83. The maximum absolute atomic E-state index is 11.3. The number of hydrogen-bond donors (Lipinski definition) is 0. The van der Waals surface area contributed by atoms with E-state index in [1.807, 2.05) is 0 Å². The Balaban J connectivity index is 3.48. The highest BCUT2D eigenvalue weighted by atomic mass is 127. The fraction of sp³-hybridized carbons (Fsp3) is 0.200. The van der Waals surface area contributed by atoms with Gasteiger partial charge in [0.2, 0.25) is 0 Å². The van der Waals surface area contributed by atoms with Crippen LogP contribution in [0.4, 0.5) is 0 Å². The average Bonchev–Trinajstić information content (AvgIpc) is 2.15. The second kappa shape index (κ2) is 4.54. The molecular formula is C10H9IO3. The summed E-state index contributed by atoms with van der Waals surface area (Å²) in [6.45, 7) is 1.41. The fourth-order valence-corrected chi connectivity index (χ4v) is 1.85. The van der Waals surface area contributed by atoms with Crippen LogP contribution in [0.1, 0.15) is 27.6 Å². The molecule has 74 valence electrons. The van der Waals surface area contributed by atoms with Crippen LogP contribution in [0, 0.1) is 3.57 Å². The van der Waals surface area contributed by atoms with Crippen LogP contribution >= 0.6 is 22.6 Å². The Kier molecular flexibility index (Phi) is 3.62. The van der Waals surface area contributed by atoms with Crippen molar-refractivity contribution in [1.29, 1.82) is 0 Å². The summed E-state index contributed by atoms with van der Waals surface area (Å²) < 4.78 is 5.91. The molecule has 0 aliphatic carbocycles. The third kappa shape index (κ3) is 2.12. The van der Waals surface area contributed by atoms with Gasteiger partial charge in [0.1, 0.15) is 5.75 Å². The third-order valence-electron chi connectivity index (χ3n) is 1.80. The molecule has 0 N–H and O–H groups in total. The first-order valence-corrected chi connectivity index (χ1v) is 5.01. The van der Waals surface area contributed by atoms with Crippen molar-refractivity contribution < 1.29 is 14.3 Å². The van der Waals surface area contributed by atoms with Gasteiger partial charge in [0.15, 0.2) is 12.1 Å². The number of halogens is 1. The smallest absolute Gasteiger partial charge is 0.164 e. The molecule has 0 aliphatic rings. The summed E-state index contributed by atoms with van der Waals surface area (Å²) in [7, 11) is 1.48. The molecule has 0 saturated heterocycles. The summed E-state index contributed by atoms with van der Waals surface area (Å²) in [5.74, 6) is 0.284. The number of carbonyl (C=O) groups is 2. The van der Waals surface area contributed by atoms with E-state index in [1.54, 1.807) is 12.1 Å². The SMILES string of the molecule is COc1cc(I)cc(C=O)c1C(C)=O. The second-order valence-electron chi connectivity index (χ2n) is 2.75. The normalized spacial score (nSPS) is 9.64. The zero-order valence-corrected chi connectivity index (χ0v) is 9.99. The van der Waals surface area contributed by atoms with E-state index in [9.17, 15) is 9.59 Å². The van der Waals surface area contributed by atoms with Gasteiger partial charge in [-0.3, -0.25) is 9.59 Å². The van der Waals surface area contributed by atoms with Crippen LogP contribution in [0.2, 0.25) is 0 Å². The van der Waals surface area contributed by atoms with Crippen molar-refractivity contribution in [2.24, 2.45) is 0 Å². The molecule has 1 aromatic rings. The first-order chi connectivity index (χ1) is 6.60. The topological polar surface area (TPSA) is 43.4 Å². The Hall–Kier alpha value is -0.910. The van der Waals surface area contributed by atoms with Crippen LogP contribution in [0.15, 0.2) is 12.1 Å². The Labute approximate surface area is 95.6 Å². The Morgan fingerprint density at radius 1 is 1.50 bits per heavy atom. The number of ketones is 1. The van der Waals surface area contributed by atoms with Gasteiger partial charge < -0.3 is 4.74 Å². The number of methoxy groups -OCH3 is 1. The molecule has 0 saturated carbocycles. The lowest BCUT2D eigenvalue weighted by atomic mass is 10.0. The summed E-state index contributed by atoms with van der Waals surface area (Å²) in [5.41, 5.74) is 0.726. The number of ether oxygens (including phenoxy) is 1. The van der Waals surface area contributed by atoms with Gasteiger partial charge in [-0.2, -0.15) is 0 Å². The highest BCUT2D eigenvalue weighted by molar-refractivity contribution is 14.1. The van der Waals surface area contributed by atoms with E-state index in [-0.39, 0.29) is 5.78 Å². The Morgan fingerprint density at radius 3 is 2.57 bits per heavy atom. The van der Waals surface area contributed by atoms with E-state index >= 15 is 0 Å². The Bertz CT molecular complexity index is 385. The molecule has 1 aromatic carbocycles. The van der Waals surface area contributed by atoms with Crippen molar-refractivity contribution in [1.82, 2.24) is 0 Å². The van der Waals surface area contributed by atoms with E-state index in [0.29, 0.717) is 23.2 Å². The van der Waals surface area contributed by atoms with Crippen LogP contribution in [0.25, 0.3) is 0 Å². The highest BCUT2D eigenvalue weighted by Crippen LogP contribution is 2.25. The molecule has 0 unspecified atom stereocenters. The van der Waals surface area contributed by atoms with Crippen molar-refractivity contribution in [2.75, 3.05) is 7.11 Å². The summed E-state index contributed by atoms with van der Waals surface area (Å²) in [6, 6.07) is 3.39. The molecule has 0 amide bonds. The van der Waals surface area contributed by atoms with E-state index in [4.69, 9.17) is 4.74 Å². The summed E-state index contributed by atoms with van der Waals surface area (Å²) in [5, 5.41) is 0. The fourth-order valence-electron chi connectivity index (χ4n) is 1.23. The standard InChI is InChI=1S/C10H9IO3/c1-6(13)10-7(5-12)3-8(11)4-9(10)14-2/h3-5H,1-2H3. The van der Waals surface area contributed by atoms with Crippen molar-refractivity contribution in [3.8, 4) is 5.75 Å². The number of rotatable bonds is 3. The van der Waals surface area contributed by atoms with Gasteiger partial charge in [0.05, 0.1) is 12.7 Å². The first kappa shape index (κ1) is 11.2. The number of aldehydes is 1. The first-order valence-electron chi connectivity index (χ1n) is 3.93. The van der Waals surface area contributed by atoms with E-state index in [2.05, 4.69) is 22.6 Å². The quantitative estimate of drug-likeness (QED) is 0.489. The van der Waals surface area contributed by atoms with Crippen LogP contribution in [0.5, 0.6) is 5.75 Å². The maximum Gasteiger partial charge on any atom is 0.164 e. The van der Waals surface area contributed by atoms with Gasteiger partial charge in [0, 0.05) is 9.13 Å². The summed E-state index contributed by atoms with van der Waals surface area (Å²) >= 11 is 2.07. The molecule has 0 spiro atoms. The molecule has 4 heteroatoms. The predicted molar refractivity (Wildman–Crippen MR) is 61.1 cm³/mol. The molecule has 0 heterocycles. The van der Waals surface area contributed by atoms with Crippen molar-refractivity contribution in [2.45, 2.75) is 6.92 Å². The minimum Gasteiger partial charge on any atom is -0.496 e. The van der Waals surface area contributed by atoms with E-state index in [1.165, 1.54) is 14.0 Å². The lowest BCUT2D eigenvalue weighted by Gasteiger charge is -2.08. The van der Waals surface area contributed by atoms with E-state index < -0.39 is 0 Å². The number of Topliss-reactive ketones (excluding diaryl/α,β-unsaturated/α-hetero) is 1. The molecule has 0 atom stereocenters. The van der Waals surface area contributed by atoms with Gasteiger partial charge in [-0.1, -0.05) is 0 Å². The minimum atomic E-state index is -0.166. The van der Waals surface area contributed by atoms with Gasteiger partial charge in [0.25, 0.3) is 0 Å². The van der Waals surface area contributed by atoms with Crippen LogP contribution in [-0.4, -0.2) is 19.2 Å². The Morgan fingerprint density at radius 2 is 2.14 bits per heavy atom. The van der Waals surface area contributed by atoms with Crippen LogP contribution < -0.4 is 4.74 Å². The van der Waals surface area contributed by atoms with Crippen LogP contribution in [0.3, 0.4) is 0 Å². The van der Waals surface area contributed by atoms with Gasteiger partial charge >= 0.3 is 0 Å². The molecule has 0 bridgehead atoms. The van der Waals surface area contributed by atoms with Crippen LogP contribution in [-0.2, 0) is 0 Å². The third-order valence-corrected chi connectivity index (χ3v) is 2.42. The number of hydrogen-bond acceptors (Lipinski definition) is 3. The summed E-state index contributed by atoms with van der Waals surface area (Å²) in [6.07, 6.45) is 0.668. The average molecular weight is 304 g/mol. The minimum absolute atomic E-state index is 0.166. The number of carbonyl (C=O) groups excluding carboxylic acids is 2. The van der Waals surface area contributed by atoms with Crippen molar-refractivity contribution >= 4 is 34.7 Å². The highest BCUT2D eigenvalue weighted by Gasteiger charge is 2.14. The largest absolute Gasteiger partial charge is 0.496 e. The van der Waals surface area contributed by atoms with Gasteiger partial charge in [-0.15, -0.1) is 0 Å². The lowest BCUT2D eigenvalue weighted by molar-refractivity contribution is 0.100. The lowest BCUT2D eigenvalue weighted by Crippen LogP contribution is -2.03. The van der Waals surface area contributed by atoms with Gasteiger partial charge in [-0.05, 0) is 41.6 Å². The molecule has 0 aromatic heterocycles. The van der Waals surface area contributed by atoms with E-state index in [0.717, 1.165) is 3.57 Å². The van der Waals surface area contributed by atoms with Gasteiger partial charge in [-0.25, -0.2) is 0 Å². The molecular weight excluding hydrogens is 295 g/mol. The zero-order chi connectivity index (χ0) is 10.7. The predicted octanol–water partition coefficient (Wildman–Crippen LogP) is 2.31. The van der Waals surface area contributed by atoms with Crippen molar-refractivity contribution in [3.05, 3.63) is 26.8 Å². The second-order valence-corrected chi connectivity index (χ2v) is 3.99. The maximum atomic E-state index is 11.3. The number of benzene rings is 1. The molecule has 3 nitrogen and oxygen atoms in total. The molecule has 0 radical (unpaired) electrons.